The molecule has 7 heteroatoms. The van der Waals surface area contributed by atoms with E-state index in [0.717, 1.165) is 56.5 Å². The highest BCUT2D eigenvalue weighted by Gasteiger charge is 2.24. The van der Waals surface area contributed by atoms with Gasteiger partial charge in [-0.3, -0.25) is 5.10 Å². The zero-order valence-electron chi connectivity index (χ0n) is 17.4. The number of hydrogen-bond donors (Lipinski definition) is 3. The van der Waals surface area contributed by atoms with E-state index in [0.29, 0.717) is 4.77 Å². The van der Waals surface area contributed by atoms with Crippen molar-refractivity contribution in [3.63, 3.8) is 0 Å². The average Bonchev–Trinajstić information content (AvgIpc) is 3.36. The van der Waals surface area contributed by atoms with Gasteiger partial charge in [-0.25, -0.2) is 4.68 Å². The topological polar surface area (TPSA) is 51.7 Å². The van der Waals surface area contributed by atoms with E-state index in [-0.39, 0.29) is 0 Å². The van der Waals surface area contributed by atoms with Crippen LogP contribution in [0, 0.1) is 11.7 Å². The number of quaternary nitrogens is 2. The summed E-state index contributed by atoms with van der Waals surface area (Å²) in [6.45, 7) is 9.50. The summed E-state index contributed by atoms with van der Waals surface area (Å²) in [5.41, 5.74) is 5.12. The van der Waals surface area contributed by atoms with E-state index in [1.54, 1.807) is 9.80 Å². The molecule has 0 radical (unpaired) electrons. The molecule has 1 fully saturated rings. The molecule has 0 unspecified atom stereocenters. The van der Waals surface area contributed by atoms with E-state index in [1.807, 2.05) is 4.68 Å². The summed E-state index contributed by atoms with van der Waals surface area (Å²) >= 11 is 5.51. The van der Waals surface area contributed by atoms with E-state index in [1.165, 1.54) is 29.8 Å². The Bertz CT molecular complexity index is 1080. The van der Waals surface area contributed by atoms with Crippen molar-refractivity contribution in [2.24, 2.45) is 0 Å². The van der Waals surface area contributed by atoms with Gasteiger partial charge in [0.1, 0.15) is 38.5 Å². The van der Waals surface area contributed by atoms with Crippen molar-refractivity contribution in [2.45, 2.75) is 26.6 Å². The highest BCUT2D eigenvalue weighted by molar-refractivity contribution is 7.71. The lowest BCUT2D eigenvalue weighted by molar-refractivity contribution is -1.03. The van der Waals surface area contributed by atoms with Gasteiger partial charge >= 0.3 is 0 Å². The Hall–Kier alpha value is -2.48. The molecule has 0 atom stereocenters. The Balaban J connectivity index is 1.17. The molecule has 2 aliphatic rings. The fraction of sp³-hybridized carbons (Fsp3) is 0.391. The Labute approximate surface area is 182 Å². The number of aryl methyl sites for hydroxylation is 1. The Morgan fingerprint density at radius 1 is 1.07 bits per heavy atom. The summed E-state index contributed by atoms with van der Waals surface area (Å²) in [7, 11) is 0. The summed E-state index contributed by atoms with van der Waals surface area (Å²) in [5, 5.41) is 3.40. The zero-order valence-corrected chi connectivity index (χ0v) is 18.2. The van der Waals surface area contributed by atoms with Crippen LogP contribution >= 0.6 is 12.2 Å². The first kappa shape index (κ1) is 19.5. The van der Waals surface area contributed by atoms with Crippen LogP contribution in [0.25, 0.3) is 11.4 Å². The van der Waals surface area contributed by atoms with Gasteiger partial charge in [0, 0.05) is 17.5 Å². The third kappa shape index (κ3) is 4.19. The van der Waals surface area contributed by atoms with Crippen LogP contribution < -0.4 is 14.5 Å². The van der Waals surface area contributed by atoms with Gasteiger partial charge < -0.3 is 14.5 Å². The molecule has 5 rings (SSSR count). The zero-order chi connectivity index (χ0) is 20.5. The minimum absolute atomic E-state index is 0.633. The van der Waals surface area contributed by atoms with E-state index < -0.39 is 0 Å². The quantitative estimate of drug-likeness (QED) is 0.532. The van der Waals surface area contributed by atoms with Crippen LogP contribution in [-0.2, 0) is 19.6 Å². The first-order valence-electron chi connectivity index (χ1n) is 10.8. The Morgan fingerprint density at radius 2 is 1.83 bits per heavy atom. The summed E-state index contributed by atoms with van der Waals surface area (Å²) in [6.07, 6.45) is 1.05. The molecule has 0 aliphatic carbocycles. The lowest BCUT2D eigenvalue weighted by atomic mass is 10.1. The third-order valence-corrected chi connectivity index (χ3v) is 6.57. The smallest absolute Gasteiger partial charge is 0.221 e. The van der Waals surface area contributed by atoms with E-state index in [4.69, 9.17) is 17.0 Å². The number of nitrogens with zero attached hydrogens (tertiary/aromatic N) is 2. The molecular formula is C23H29N5OS+2. The van der Waals surface area contributed by atoms with Crippen LogP contribution in [-0.4, -0.2) is 47.6 Å². The molecule has 1 saturated heterocycles. The molecule has 156 valence electrons. The van der Waals surface area contributed by atoms with Crippen LogP contribution in [0.1, 0.15) is 16.7 Å². The predicted molar refractivity (Wildman–Crippen MR) is 118 cm³/mol. The minimum Gasteiger partial charge on any atom is -0.493 e. The van der Waals surface area contributed by atoms with E-state index >= 15 is 0 Å². The Morgan fingerprint density at radius 3 is 2.63 bits per heavy atom. The number of benzene rings is 2. The van der Waals surface area contributed by atoms with Gasteiger partial charge in [0.25, 0.3) is 0 Å². The van der Waals surface area contributed by atoms with Gasteiger partial charge in [-0.15, -0.1) is 0 Å². The highest BCUT2D eigenvalue weighted by atomic mass is 32.1. The second kappa shape index (κ2) is 8.34. The molecule has 3 heterocycles. The average molecular weight is 424 g/mol. The number of H-pyrrole nitrogens is 1. The highest BCUT2D eigenvalue weighted by Crippen LogP contribution is 2.25. The van der Waals surface area contributed by atoms with Gasteiger partial charge in [0.05, 0.1) is 6.61 Å². The normalized spacial score (nSPS) is 20.7. The number of aromatic nitrogens is 3. The van der Waals surface area contributed by atoms with Crippen molar-refractivity contribution in [2.75, 3.05) is 32.8 Å². The van der Waals surface area contributed by atoms with Crippen LogP contribution in [0.2, 0.25) is 0 Å². The van der Waals surface area contributed by atoms with Crippen LogP contribution in [0.4, 0.5) is 0 Å². The molecule has 30 heavy (non-hydrogen) atoms. The van der Waals surface area contributed by atoms with Crippen molar-refractivity contribution in [3.8, 4) is 17.1 Å². The van der Waals surface area contributed by atoms with Gasteiger partial charge in [-0.1, -0.05) is 29.8 Å². The summed E-state index contributed by atoms with van der Waals surface area (Å²) in [5.74, 6) is 1.92. The maximum atomic E-state index is 5.63. The van der Waals surface area contributed by atoms with E-state index in [9.17, 15) is 0 Å². The molecule has 3 aromatic rings. The lowest BCUT2D eigenvalue weighted by Crippen LogP contribution is -3.27. The summed E-state index contributed by atoms with van der Waals surface area (Å²) in [4.78, 5) is 7.78. The van der Waals surface area contributed by atoms with Gasteiger partial charge in [0.2, 0.25) is 4.77 Å². The first-order chi connectivity index (χ1) is 14.6. The summed E-state index contributed by atoms with van der Waals surface area (Å²) in [6, 6.07) is 15.1. The SMILES string of the molecule is Cc1ccc(-c2nc(=S)n(C[NH+]3CC[NH+](Cc4ccc5c(c4)CCO5)CC3)[nH]2)cc1. The number of aromatic amines is 1. The molecule has 0 saturated carbocycles. The predicted octanol–water partition coefficient (Wildman–Crippen LogP) is 0.792. The molecule has 0 spiro atoms. The van der Waals surface area contributed by atoms with Crippen molar-refractivity contribution < 1.29 is 14.5 Å². The van der Waals surface area contributed by atoms with Crippen molar-refractivity contribution in [1.29, 1.82) is 0 Å². The maximum Gasteiger partial charge on any atom is 0.221 e. The second-order valence-electron chi connectivity index (χ2n) is 8.52. The van der Waals surface area contributed by atoms with E-state index in [2.05, 4.69) is 59.5 Å². The summed E-state index contributed by atoms with van der Waals surface area (Å²) < 4.78 is 8.28. The van der Waals surface area contributed by atoms with Gasteiger partial charge in [0.15, 0.2) is 12.5 Å². The maximum absolute atomic E-state index is 5.63. The van der Waals surface area contributed by atoms with Crippen LogP contribution in [0.5, 0.6) is 5.75 Å². The molecule has 6 nitrogen and oxygen atoms in total. The van der Waals surface area contributed by atoms with Crippen molar-refractivity contribution in [3.05, 3.63) is 63.9 Å². The Kier molecular flexibility index (Phi) is 5.41. The fourth-order valence-corrected chi connectivity index (χ4v) is 4.66. The van der Waals surface area contributed by atoms with Crippen LogP contribution in [0.15, 0.2) is 42.5 Å². The second-order valence-corrected chi connectivity index (χ2v) is 8.89. The van der Waals surface area contributed by atoms with Crippen molar-refractivity contribution in [1.82, 2.24) is 14.8 Å². The first-order valence-corrected chi connectivity index (χ1v) is 11.2. The third-order valence-electron chi connectivity index (χ3n) is 6.26. The minimum atomic E-state index is 0.633. The largest absolute Gasteiger partial charge is 0.493 e. The number of nitrogens with one attached hydrogen (secondary N) is 3. The molecule has 0 bridgehead atoms. The molecule has 2 aliphatic heterocycles. The number of piperazine rings is 1. The molecule has 1 aromatic heterocycles. The monoisotopic (exact) mass is 423 g/mol. The lowest BCUT2D eigenvalue weighted by Gasteiger charge is -2.29. The van der Waals surface area contributed by atoms with Crippen LogP contribution in [0.3, 0.4) is 0 Å². The number of hydrogen-bond acceptors (Lipinski definition) is 3. The van der Waals surface area contributed by atoms with Crippen molar-refractivity contribution >= 4 is 12.2 Å². The molecule has 3 N–H and O–H groups in total. The molecule has 0 amide bonds. The number of rotatable bonds is 5. The number of ether oxygens (including phenoxy) is 1. The van der Waals surface area contributed by atoms with Gasteiger partial charge in [-0.2, -0.15) is 4.98 Å². The number of fused-ring (bicyclic) bond motifs is 1. The molecular weight excluding hydrogens is 394 g/mol. The standard InChI is InChI=1S/C23H27N5OS/c1-17-2-5-19(6-3-17)22-24-23(30)28(25-22)16-27-11-9-26(10-12-27)15-18-4-7-21-20(14-18)8-13-29-21/h2-7,14H,8-13,15-16H2,1H3,(H,24,25,30)/p+2. The fourth-order valence-electron chi connectivity index (χ4n) is 4.46. The molecule has 2 aromatic carbocycles. The van der Waals surface area contributed by atoms with Gasteiger partial charge in [-0.05, 0) is 42.9 Å².